The van der Waals surface area contributed by atoms with Crippen LogP contribution in [0.2, 0.25) is 0 Å². The molecule has 6 nitrogen and oxygen atoms in total. The maximum Gasteiger partial charge on any atom is 0.314 e. The van der Waals surface area contributed by atoms with Crippen LogP contribution in [0, 0.1) is 17.2 Å². The van der Waals surface area contributed by atoms with Gasteiger partial charge in [-0.25, -0.2) is 0 Å². The van der Waals surface area contributed by atoms with Crippen molar-refractivity contribution in [1.82, 2.24) is 5.32 Å². The van der Waals surface area contributed by atoms with Crippen LogP contribution in [-0.2, 0) is 4.79 Å². The van der Waals surface area contributed by atoms with Gasteiger partial charge in [0.25, 0.3) is 0 Å². The summed E-state index contributed by atoms with van der Waals surface area (Å²) in [5.41, 5.74) is 5.28. The van der Waals surface area contributed by atoms with Crippen molar-refractivity contribution in [3.63, 3.8) is 0 Å². The second-order valence-electron chi connectivity index (χ2n) is 5.61. The van der Waals surface area contributed by atoms with E-state index in [0.717, 1.165) is 31.4 Å². The van der Waals surface area contributed by atoms with Crippen LogP contribution < -0.4 is 20.5 Å². The molecule has 1 saturated carbocycles. The number of carbonyl (C=O) groups is 1. The molecule has 0 heterocycles. The fourth-order valence-electron chi connectivity index (χ4n) is 2.70. The van der Waals surface area contributed by atoms with Crippen molar-refractivity contribution in [1.29, 1.82) is 5.41 Å². The largest absolute Gasteiger partial charge is 0.497 e. The number of guanidine groups is 1. The van der Waals surface area contributed by atoms with E-state index in [9.17, 15) is 4.79 Å². The number of halogens is 1. The van der Waals surface area contributed by atoms with Gasteiger partial charge < -0.3 is 20.5 Å². The molecule has 1 aromatic carbocycles. The van der Waals surface area contributed by atoms with Crippen LogP contribution in [0.15, 0.2) is 24.3 Å². The first kappa shape index (κ1) is 19.1. The minimum absolute atomic E-state index is 0. The van der Waals surface area contributed by atoms with Crippen molar-refractivity contribution in [3.05, 3.63) is 24.3 Å². The Balaban J connectivity index is 0.00000264. The molecule has 0 aliphatic heterocycles. The summed E-state index contributed by atoms with van der Waals surface area (Å²) in [7, 11) is 1.60. The lowest BCUT2D eigenvalue weighted by Crippen LogP contribution is -2.36. The van der Waals surface area contributed by atoms with Crippen LogP contribution in [0.25, 0.3) is 0 Å². The number of nitrogens with two attached hydrogens (primary N) is 1. The molecule has 0 saturated heterocycles. The Morgan fingerprint density at radius 1 is 1.22 bits per heavy atom. The SMILES string of the molecule is COc1ccc(OC(=O)[C@H]2CC[C@H](CNC(=N)N)CC2)cc1.Cl. The molecule has 0 bridgehead atoms. The number of nitrogens with one attached hydrogen (secondary N) is 2. The van der Waals surface area contributed by atoms with Gasteiger partial charge in [0.05, 0.1) is 13.0 Å². The van der Waals surface area contributed by atoms with Gasteiger partial charge in [-0.2, -0.15) is 0 Å². The number of benzene rings is 1. The summed E-state index contributed by atoms with van der Waals surface area (Å²) in [6.07, 6.45) is 3.53. The number of rotatable bonds is 5. The first-order valence-corrected chi connectivity index (χ1v) is 7.52. The molecule has 0 radical (unpaired) electrons. The topological polar surface area (TPSA) is 97.4 Å². The lowest BCUT2D eigenvalue weighted by atomic mass is 9.82. The van der Waals surface area contributed by atoms with Gasteiger partial charge in [0.2, 0.25) is 0 Å². The number of hydrogen-bond donors (Lipinski definition) is 3. The Kier molecular flexibility index (Phi) is 7.68. The fraction of sp³-hybridized carbons (Fsp3) is 0.500. The van der Waals surface area contributed by atoms with Crippen molar-refractivity contribution >= 4 is 24.3 Å². The Labute approximate surface area is 142 Å². The molecule has 0 atom stereocenters. The van der Waals surface area contributed by atoms with Crippen LogP contribution in [0.3, 0.4) is 0 Å². The normalized spacial score (nSPS) is 20.0. The Morgan fingerprint density at radius 2 is 1.78 bits per heavy atom. The first-order chi connectivity index (χ1) is 10.6. The zero-order valence-electron chi connectivity index (χ0n) is 13.2. The van der Waals surface area contributed by atoms with Gasteiger partial charge in [-0.05, 0) is 55.9 Å². The van der Waals surface area contributed by atoms with Crippen LogP contribution in [0.1, 0.15) is 25.7 Å². The molecule has 2 rings (SSSR count). The molecule has 0 unspecified atom stereocenters. The van der Waals surface area contributed by atoms with E-state index >= 15 is 0 Å². The third-order valence-electron chi connectivity index (χ3n) is 4.04. The minimum atomic E-state index is -0.164. The predicted molar refractivity (Wildman–Crippen MR) is 91.2 cm³/mol. The highest BCUT2D eigenvalue weighted by molar-refractivity contribution is 5.85. The quantitative estimate of drug-likeness (QED) is 0.330. The van der Waals surface area contributed by atoms with Gasteiger partial charge in [0, 0.05) is 6.54 Å². The van der Waals surface area contributed by atoms with Crippen molar-refractivity contribution in [3.8, 4) is 11.5 Å². The number of ether oxygens (including phenoxy) is 2. The third kappa shape index (κ3) is 5.98. The maximum absolute atomic E-state index is 12.2. The molecular weight excluding hydrogens is 318 g/mol. The number of hydrogen-bond acceptors (Lipinski definition) is 4. The molecule has 7 heteroatoms. The second kappa shape index (κ2) is 9.25. The van der Waals surface area contributed by atoms with Gasteiger partial charge in [0.15, 0.2) is 5.96 Å². The highest BCUT2D eigenvalue weighted by atomic mass is 35.5. The van der Waals surface area contributed by atoms with E-state index < -0.39 is 0 Å². The van der Waals surface area contributed by atoms with Gasteiger partial charge in [-0.15, -0.1) is 12.4 Å². The zero-order chi connectivity index (χ0) is 15.9. The van der Waals surface area contributed by atoms with E-state index in [1.807, 2.05) is 0 Å². The van der Waals surface area contributed by atoms with E-state index in [1.165, 1.54) is 0 Å². The lowest BCUT2D eigenvalue weighted by molar-refractivity contribution is -0.140. The molecule has 0 aromatic heterocycles. The van der Waals surface area contributed by atoms with Crippen molar-refractivity contribution in [2.45, 2.75) is 25.7 Å². The van der Waals surface area contributed by atoms with Crippen LogP contribution in [0.4, 0.5) is 0 Å². The molecule has 0 amide bonds. The Morgan fingerprint density at radius 3 is 2.30 bits per heavy atom. The third-order valence-corrected chi connectivity index (χ3v) is 4.04. The number of esters is 1. The predicted octanol–water partition coefficient (Wildman–Crippen LogP) is 2.31. The molecule has 23 heavy (non-hydrogen) atoms. The van der Waals surface area contributed by atoms with E-state index in [2.05, 4.69) is 5.32 Å². The Bertz CT molecular complexity index is 514. The van der Waals surface area contributed by atoms with Crippen molar-refractivity contribution < 1.29 is 14.3 Å². The molecule has 4 N–H and O–H groups in total. The van der Waals surface area contributed by atoms with Crippen LogP contribution in [0.5, 0.6) is 11.5 Å². The smallest absolute Gasteiger partial charge is 0.314 e. The summed E-state index contributed by atoms with van der Waals surface area (Å²) in [5, 5.41) is 10.0. The average molecular weight is 342 g/mol. The maximum atomic E-state index is 12.2. The minimum Gasteiger partial charge on any atom is -0.497 e. The van der Waals surface area contributed by atoms with Crippen LogP contribution in [-0.4, -0.2) is 25.6 Å². The number of carbonyl (C=O) groups excluding carboxylic acids is 1. The van der Waals surface area contributed by atoms with E-state index in [0.29, 0.717) is 18.2 Å². The van der Waals surface area contributed by atoms with Gasteiger partial charge >= 0.3 is 5.97 Å². The van der Waals surface area contributed by atoms with Crippen LogP contribution >= 0.6 is 12.4 Å². The molecule has 1 fully saturated rings. The summed E-state index contributed by atoms with van der Waals surface area (Å²) in [5.74, 6) is 1.54. The summed E-state index contributed by atoms with van der Waals surface area (Å²) >= 11 is 0. The summed E-state index contributed by atoms with van der Waals surface area (Å²) in [4.78, 5) is 12.2. The average Bonchev–Trinajstić information content (AvgIpc) is 2.54. The second-order valence-corrected chi connectivity index (χ2v) is 5.61. The van der Waals surface area contributed by atoms with Crippen molar-refractivity contribution in [2.24, 2.45) is 17.6 Å². The van der Waals surface area contributed by atoms with Gasteiger partial charge in [-0.3, -0.25) is 10.2 Å². The standard InChI is InChI=1S/C16H23N3O3.ClH/c1-21-13-6-8-14(9-7-13)22-15(20)12-4-2-11(3-5-12)10-19-16(17)18;/h6-9,11-12H,2-5,10H2,1H3,(H4,17,18,19);1H/t11-,12-;. The molecule has 1 aliphatic rings. The summed E-state index contributed by atoms with van der Waals surface area (Å²) < 4.78 is 10.5. The first-order valence-electron chi connectivity index (χ1n) is 7.52. The van der Waals surface area contributed by atoms with Gasteiger partial charge in [-0.1, -0.05) is 0 Å². The van der Waals surface area contributed by atoms with E-state index in [4.69, 9.17) is 20.6 Å². The summed E-state index contributed by atoms with van der Waals surface area (Å²) in [6.45, 7) is 0.704. The van der Waals surface area contributed by atoms with E-state index in [-0.39, 0.29) is 30.3 Å². The molecule has 1 aliphatic carbocycles. The van der Waals surface area contributed by atoms with E-state index in [1.54, 1.807) is 31.4 Å². The molecular formula is C16H24ClN3O3. The summed E-state index contributed by atoms with van der Waals surface area (Å²) in [6, 6.07) is 7.01. The zero-order valence-corrected chi connectivity index (χ0v) is 14.0. The number of methoxy groups -OCH3 is 1. The van der Waals surface area contributed by atoms with Crippen molar-refractivity contribution in [2.75, 3.05) is 13.7 Å². The lowest BCUT2D eigenvalue weighted by Gasteiger charge is -2.27. The monoisotopic (exact) mass is 341 g/mol. The highest BCUT2D eigenvalue weighted by Gasteiger charge is 2.27. The Hall–Kier alpha value is -1.95. The molecule has 1 aromatic rings. The van der Waals surface area contributed by atoms with Gasteiger partial charge in [0.1, 0.15) is 11.5 Å². The highest BCUT2D eigenvalue weighted by Crippen LogP contribution is 2.30. The fourth-order valence-corrected chi connectivity index (χ4v) is 2.70. The molecule has 0 spiro atoms. The molecule has 128 valence electrons.